The fourth-order valence-corrected chi connectivity index (χ4v) is 4.70. The lowest BCUT2D eigenvalue weighted by molar-refractivity contribution is -0.121. The first-order chi connectivity index (χ1) is 24.3. The van der Waals surface area contributed by atoms with Gasteiger partial charge in [-0.3, -0.25) is 19.7 Å². The first-order valence-electron chi connectivity index (χ1n) is 16.9. The second kappa shape index (κ2) is 19.7. The topological polar surface area (TPSA) is 108 Å². The molecule has 0 aliphatic heterocycles. The highest BCUT2D eigenvalue weighted by molar-refractivity contribution is 6.02. The minimum absolute atomic E-state index is 0.0468. The van der Waals surface area contributed by atoms with Crippen molar-refractivity contribution in [1.82, 2.24) is 0 Å². The van der Waals surface area contributed by atoms with Gasteiger partial charge in [0, 0.05) is 42.0 Å². The fraction of sp³-hybridized carbons (Fsp3) is 0.317. The smallest absolute Gasteiger partial charge is 0.411 e. The van der Waals surface area contributed by atoms with Gasteiger partial charge in [0.2, 0.25) is 0 Å². The van der Waals surface area contributed by atoms with Crippen LogP contribution in [-0.2, 0) is 27.4 Å². The van der Waals surface area contributed by atoms with Crippen molar-refractivity contribution >= 4 is 29.1 Å². The monoisotopic (exact) mass is 701 g/mol. The summed E-state index contributed by atoms with van der Waals surface area (Å²) >= 11 is 0. The third kappa shape index (κ3) is 12.5. The van der Waals surface area contributed by atoms with Crippen molar-refractivity contribution in [3.05, 3.63) is 113 Å². The average Bonchev–Trinajstić information content (AvgIpc) is 3.11. The molecule has 0 saturated heterocycles. The molecule has 4 aromatic carbocycles. The van der Waals surface area contributed by atoms with Gasteiger partial charge >= 0.3 is 6.09 Å². The normalized spacial score (nSPS) is 11.2. The zero-order valence-corrected chi connectivity index (χ0v) is 29.9. The number of Topliss-reactive ketones (excluding diaryl/α,β-unsaturated/α-hetero) is 3. The van der Waals surface area contributed by atoms with Gasteiger partial charge in [0.25, 0.3) is 0 Å². The summed E-state index contributed by atoms with van der Waals surface area (Å²) in [6.07, 6.45) is 1.76. The lowest BCUT2D eigenvalue weighted by Crippen LogP contribution is -2.16. The number of ether oxygens (including phenoxy) is 3. The van der Waals surface area contributed by atoms with Crippen molar-refractivity contribution < 1.29 is 42.2 Å². The first-order valence-corrected chi connectivity index (χ1v) is 16.9. The van der Waals surface area contributed by atoms with Crippen molar-refractivity contribution in [2.75, 3.05) is 5.32 Å². The van der Waals surface area contributed by atoms with Crippen LogP contribution in [0.5, 0.6) is 23.0 Å². The SMILES string of the molecule is CCC(=O)CCC(C)C(C)=O.CCc1ccc(COC(=O)Nc2ccc(Oc3ccc(F)cc3F)cc2)c(Oc2ccccc2)c1C(=O)C(C)C. The quantitative estimate of drug-likeness (QED) is 0.123. The summed E-state index contributed by atoms with van der Waals surface area (Å²) in [6, 6.07) is 21.9. The molecule has 4 aromatic rings. The van der Waals surface area contributed by atoms with Gasteiger partial charge in [0.1, 0.15) is 41.2 Å². The molecule has 51 heavy (non-hydrogen) atoms. The molecule has 0 aromatic heterocycles. The molecule has 8 nitrogen and oxygen atoms in total. The molecule has 0 radical (unpaired) electrons. The van der Waals surface area contributed by atoms with Crippen LogP contribution in [0, 0.1) is 23.5 Å². The van der Waals surface area contributed by atoms with Crippen molar-refractivity contribution in [2.24, 2.45) is 11.8 Å². The predicted octanol–water partition coefficient (Wildman–Crippen LogP) is 10.7. The van der Waals surface area contributed by atoms with Crippen LogP contribution >= 0.6 is 0 Å². The Morgan fingerprint density at radius 2 is 1.43 bits per heavy atom. The number of ketones is 3. The highest BCUT2D eigenvalue weighted by Crippen LogP contribution is 2.35. The molecule has 0 bridgehead atoms. The molecular weight excluding hydrogens is 656 g/mol. The lowest BCUT2D eigenvalue weighted by atomic mass is 9.92. The number of carbonyl (C=O) groups excluding carboxylic acids is 4. The number of para-hydroxylation sites is 1. The number of hydrogen-bond acceptors (Lipinski definition) is 7. The first kappa shape index (κ1) is 40.1. The predicted molar refractivity (Wildman–Crippen MR) is 193 cm³/mol. The van der Waals surface area contributed by atoms with E-state index in [4.69, 9.17) is 14.2 Å². The van der Waals surface area contributed by atoms with Crippen molar-refractivity contribution in [3.63, 3.8) is 0 Å². The van der Waals surface area contributed by atoms with E-state index in [2.05, 4.69) is 5.32 Å². The van der Waals surface area contributed by atoms with Crippen molar-refractivity contribution in [2.45, 2.75) is 73.8 Å². The zero-order chi connectivity index (χ0) is 37.5. The Labute approximate surface area is 298 Å². The second-order valence-corrected chi connectivity index (χ2v) is 12.2. The summed E-state index contributed by atoms with van der Waals surface area (Å²) in [5.41, 5.74) is 2.29. The maximum Gasteiger partial charge on any atom is 0.411 e. The van der Waals surface area contributed by atoms with Crippen LogP contribution in [-0.4, -0.2) is 23.4 Å². The van der Waals surface area contributed by atoms with Gasteiger partial charge in [-0.1, -0.05) is 65.0 Å². The van der Waals surface area contributed by atoms with Gasteiger partial charge < -0.3 is 14.2 Å². The Kier molecular flexibility index (Phi) is 15.5. The summed E-state index contributed by atoms with van der Waals surface area (Å²) in [5.74, 6) is -0.278. The van der Waals surface area contributed by atoms with E-state index in [1.165, 1.54) is 18.2 Å². The number of aryl methyl sites for hydroxylation is 1. The third-order valence-electron chi connectivity index (χ3n) is 7.97. The van der Waals surface area contributed by atoms with E-state index < -0.39 is 17.7 Å². The number of amides is 1. The van der Waals surface area contributed by atoms with E-state index in [9.17, 15) is 28.0 Å². The molecule has 1 N–H and O–H groups in total. The second-order valence-electron chi connectivity index (χ2n) is 12.2. The molecule has 270 valence electrons. The molecule has 0 heterocycles. The minimum atomic E-state index is -0.827. The Hall–Kier alpha value is -5.38. The molecule has 1 unspecified atom stereocenters. The lowest BCUT2D eigenvalue weighted by Gasteiger charge is -2.19. The molecule has 1 atom stereocenters. The maximum atomic E-state index is 13.8. The van der Waals surface area contributed by atoms with Gasteiger partial charge in [0.15, 0.2) is 17.3 Å². The van der Waals surface area contributed by atoms with E-state index in [0.29, 0.717) is 59.7 Å². The van der Waals surface area contributed by atoms with E-state index in [0.717, 1.165) is 17.7 Å². The van der Waals surface area contributed by atoms with Crippen LogP contribution in [0.25, 0.3) is 0 Å². The highest BCUT2D eigenvalue weighted by Gasteiger charge is 2.24. The van der Waals surface area contributed by atoms with E-state index in [1.807, 2.05) is 58.9 Å². The molecule has 4 rings (SSSR count). The van der Waals surface area contributed by atoms with Gasteiger partial charge in [-0.15, -0.1) is 0 Å². The number of benzene rings is 4. The van der Waals surface area contributed by atoms with Crippen LogP contribution in [0.4, 0.5) is 19.3 Å². The molecule has 0 aliphatic carbocycles. The number of rotatable bonds is 15. The number of anilines is 1. The van der Waals surface area contributed by atoms with Gasteiger partial charge in [0.05, 0.1) is 5.56 Å². The standard InChI is InChI=1S/C32H29F2NO5.C9H16O2/c1-4-21-10-11-22(31(29(21)30(36)20(2)3)40-25-8-6-5-7-9-25)19-38-32(37)35-24-13-15-26(16-14-24)39-28-17-12-23(33)18-27(28)34;1-4-9(11)6-5-7(2)8(3)10/h5-18,20H,4,19H2,1-3H3,(H,35,37);7H,4-6H2,1-3H3. The Balaban J connectivity index is 0.000000551. The van der Waals surface area contributed by atoms with E-state index in [1.54, 1.807) is 37.3 Å². The zero-order valence-electron chi connectivity index (χ0n) is 29.9. The summed E-state index contributed by atoms with van der Waals surface area (Å²) in [6.45, 7) is 10.8. The molecule has 0 fully saturated rings. The molecule has 1 amide bonds. The Morgan fingerprint density at radius 3 is 2.02 bits per heavy atom. The molecule has 0 spiro atoms. The largest absolute Gasteiger partial charge is 0.456 e. The van der Waals surface area contributed by atoms with Crippen LogP contribution in [0.1, 0.15) is 82.3 Å². The van der Waals surface area contributed by atoms with Gasteiger partial charge in [-0.25, -0.2) is 13.6 Å². The summed E-state index contributed by atoms with van der Waals surface area (Å²) in [4.78, 5) is 47.4. The number of nitrogens with one attached hydrogen (secondary N) is 1. The third-order valence-corrected chi connectivity index (χ3v) is 7.97. The highest BCUT2D eigenvalue weighted by atomic mass is 19.1. The van der Waals surface area contributed by atoms with Crippen LogP contribution < -0.4 is 14.8 Å². The Bertz CT molecular complexity index is 1790. The number of carbonyl (C=O) groups is 4. The number of halogens is 2. The van der Waals surface area contributed by atoms with Crippen LogP contribution in [0.15, 0.2) is 84.9 Å². The molecule has 0 aliphatic rings. The van der Waals surface area contributed by atoms with Gasteiger partial charge in [-0.2, -0.15) is 0 Å². The molecule has 0 saturated carbocycles. The summed E-state index contributed by atoms with van der Waals surface area (Å²) < 4.78 is 44.0. The number of hydrogen-bond donors (Lipinski definition) is 1. The molecular formula is C41H45F2NO7. The van der Waals surface area contributed by atoms with Crippen molar-refractivity contribution in [1.29, 1.82) is 0 Å². The average molecular weight is 702 g/mol. The van der Waals surface area contributed by atoms with E-state index in [-0.39, 0.29) is 41.5 Å². The minimum Gasteiger partial charge on any atom is -0.456 e. The van der Waals surface area contributed by atoms with Gasteiger partial charge in [-0.05, 0) is 73.9 Å². The fourth-order valence-electron chi connectivity index (χ4n) is 4.70. The van der Waals surface area contributed by atoms with Crippen molar-refractivity contribution in [3.8, 4) is 23.0 Å². The summed E-state index contributed by atoms with van der Waals surface area (Å²) in [7, 11) is 0. The summed E-state index contributed by atoms with van der Waals surface area (Å²) in [5, 5.41) is 2.62. The van der Waals surface area contributed by atoms with Crippen LogP contribution in [0.3, 0.4) is 0 Å². The maximum absolute atomic E-state index is 13.8. The Morgan fingerprint density at radius 1 is 0.784 bits per heavy atom. The van der Waals surface area contributed by atoms with Crippen LogP contribution in [0.2, 0.25) is 0 Å². The van der Waals surface area contributed by atoms with E-state index >= 15 is 0 Å². The molecule has 10 heteroatoms.